The maximum atomic E-state index is 11.8. The van der Waals surface area contributed by atoms with Crippen LogP contribution in [0.4, 0.5) is 4.79 Å². The van der Waals surface area contributed by atoms with Gasteiger partial charge in [0.1, 0.15) is 5.60 Å². The molecular formula is C17H21ClN4O4. The molecule has 0 fully saturated rings. The zero-order chi connectivity index (χ0) is 19.2. The number of hydrogen-bond donors (Lipinski definition) is 2. The van der Waals surface area contributed by atoms with Crippen LogP contribution in [0.3, 0.4) is 0 Å². The van der Waals surface area contributed by atoms with Crippen molar-refractivity contribution in [1.29, 1.82) is 0 Å². The summed E-state index contributed by atoms with van der Waals surface area (Å²) in [5.74, 6) is 0.438. The first-order chi connectivity index (χ1) is 12.2. The van der Waals surface area contributed by atoms with Gasteiger partial charge in [-0.2, -0.15) is 4.98 Å². The van der Waals surface area contributed by atoms with Crippen molar-refractivity contribution in [2.75, 3.05) is 6.54 Å². The van der Waals surface area contributed by atoms with Gasteiger partial charge in [0.25, 0.3) is 0 Å². The van der Waals surface area contributed by atoms with Crippen LogP contribution in [-0.4, -0.2) is 34.3 Å². The van der Waals surface area contributed by atoms with Crippen LogP contribution in [0.2, 0.25) is 5.02 Å². The lowest BCUT2D eigenvalue weighted by molar-refractivity contribution is -0.121. The molecule has 9 heteroatoms. The van der Waals surface area contributed by atoms with Crippen LogP contribution in [0.25, 0.3) is 11.4 Å². The van der Waals surface area contributed by atoms with Crippen LogP contribution in [0.1, 0.15) is 33.1 Å². The lowest BCUT2D eigenvalue weighted by Crippen LogP contribution is -2.35. The van der Waals surface area contributed by atoms with Gasteiger partial charge in [-0.25, -0.2) is 4.79 Å². The highest BCUT2D eigenvalue weighted by Crippen LogP contribution is 2.18. The van der Waals surface area contributed by atoms with Crippen molar-refractivity contribution in [3.05, 3.63) is 35.2 Å². The predicted molar refractivity (Wildman–Crippen MR) is 95.4 cm³/mol. The van der Waals surface area contributed by atoms with E-state index >= 15 is 0 Å². The Kier molecular flexibility index (Phi) is 6.57. The number of nitrogens with zero attached hydrogens (tertiary/aromatic N) is 2. The Hall–Kier alpha value is -2.61. The highest BCUT2D eigenvalue weighted by Gasteiger charge is 2.16. The highest BCUT2D eigenvalue weighted by atomic mass is 35.5. The maximum Gasteiger partial charge on any atom is 0.407 e. The van der Waals surface area contributed by atoms with Gasteiger partial charge in [-0.3, -0.25) is 4.79 Å². The topological polar surface area (TPSA) is 106 Å². The third-order valence-electron chi connectivity index (χ3n) is 3.03. The Labute approximate surface area is 156 Å². The number of carbonyl (C=O) groups is 2. The molecule has 2 aromatic rings. The first kappa shape index (κ1) is 19.7. The molecule has 8 nitrogen and oxygen atoms in total. The molecule has 1 aromatic heterocycles. The van der Waals surface area contributed by atoms with Crippen LogP contribution >= 0.6 is 11.6 Å². The van der Waals surface area contributed by atoms with Crippen molar-refractivity contribution >= 4 is 23.6 Å². The van der Waals surface area contributed by atoms with Crippen LogP contribution < -0.4 is 10.6 Å². The smallest absolute Gasteiger partial charge is 0.407 e. The Balaban J connectivity index is 1.73. The molecule has 2 rings (SSSR count). The minimum absolute atomic E-state index is 0.103. The van der Waals surface area contributed by atoms with E-state index in [1.54, 1.807) is 45.0 Å². The highest BCUT2D eigenvalue weighted by molar-refractivity contribution is 6.30. The van der Waals surface area contributed by atoms with Gasteiger partial charge < -0.3 is 19.9 Å². The third-order valence-corrected chi connectivity index (χ3v) is 3.28. The summed E-state index contributed by atoms with van der Waals surface area (Å²) in [6.45, 7) is 5.57. The number of benzene rings is 1. The molecule has 0 aliphatic heterocycles. The second-order valence-corrected chi connectivity index (χ2v) is 6.91. The molecule has 140 valence electrons. The summed E-state index contributed by atoms with van der Waals surface area (Å²) >= 11 is 5.84. The van der Waals surface area contributed by atoms with Crippen molar-refractivity contribution in [2.45, 2.75) is 39.3 Å². The number of aromatic nitrogens is 2. The number of alkyl carbamates (subject to hydrolysis) is 1. The number of amides is 2. The van der Waals surface area contributed by atoms with E-state index in [1.165, 1.54) is 0 Å². The summed E-state index contributed by atoms with van der Waals surface area (Å²) in [7, 11) is 0. The van der Waals surface area contributed by atoms with Crippen LogP contribution in [0.15, 0.2) is 28.8 Å². The maximum absolute atomic E-state index is 11.8. The third kappa shape index (κ3) is 6.72. The summed E-state index contributed by atoms with van der Waals surface area (Å²) in [6, 6.07) is 7.01. The fourth-order valence-corrected chi connectivity index (χ4v) is 2.02. The van der Waals surface area contributed by atoms with Crippen LogP contribution in [0.5, 0.6) is 0 Å². The van der Waals surface area contributed by atoms with E-state index in [0.717, 1.165) is 5.56 Å². The Morgan fingerprint density at radius 3 is 2.54 bits per heavy atom. The predicted octanol–water partition coefficient (Wildman–Crippen LogP) is 2.92. The molecule has 0 unspecified atom stereocenters. The summed E-state index contributed by atoms with van der Waals surface area (Å²) < 4.78 is 10.2. The van der Waals surface area contributed by atoms with Crippen LogP contribution in [0, 0.1) is 0 Å². The number of rotatable bonds is 6. The molecule has 0 bridgehead atoms. The molecule has 26 heavy (non-hydrogen) atoms. The van der Waals surface area contributed by atoms with Gasteiger partial charge in [0.2, 0.25) is 17.6 Å². The quantitative estimate of drug-likeness (QED) is 0.798. The van der Waals surface area contributed by atoms with E-state index in [2.05, 4.69) is 20.8 Å². The minimum atomic E-state index is -0.577. The van der Waals surface area contributed by atoms with Gasteiger partial charge in [-0.15, -0.1) is 0 Å². The van der Waals surface area contributed by atoms with Gasteiger partial charge in [0.15, 0.2) is 0 Å². The summed E-state index contributed by atoms with van der Waals surface area (Å²) in [6.07, 6.45) is -0.452. The van der Waals surface area contributed by atoms with E-state index < -0.39 is 11.7 Å². The molecule has 0 aliphatic carbocycles. The number of nitrogens with one attached hydrogen (secondary N) is 2. The summed E-state index contributed by atoms with van der Waals surface area (Å²) in [4.78, 5) is 27.5. The monoisotopic (exact) mass is 380 g/mol. The van der Waals surface area contributed by atoms with E-state index in [0.29, 0.717) is 10.8 Å². The second-order valence-electron chi connectivity index (χ2n) is 6.47. The second kappa shape index (κ2) is 8.66. The lowest BCUT2D eigenvalue weighted by atomic mass is 10.2. The van der Waals surface area contributed by atoms with Crippen molar-refractivity contribution in [2.24, 2.45) is 0 Å². The molecule has 0 spiro atoms. The number of halogens is 1. The standard InChI is InChI=1S/C17H21ClN4O4/c1-17(2,3)25-16(24)19-9-8-13(23)20-10-14-21-15(22-26-14)11-4-6-12(18)7-5-11/h4-7H,8-10H2,1-3H3,(H,19,24)(H,20,23). The molecule has 0 saturated heterocycles. The fourth-order valence-electron chi connectivity index (χ4n) is 1.90. The number of carbonyl (C=O) groups excluding carboxylic acids is 2. The number of ether oxygens (including phenoxy) is 1. The first-order valence-corrected chi connectivity index (χ1v) is 8.43. The van der Waals surface area contributed by atoms with Gasteiger partial charge in [-0.05, 0) is 45.0 Å². The molecule has 0 radical (unpaired) electrons. The average molecular weight is 381 g/mol. The van der Waals surface area contributed by atoms with Crippen molar-refractivity contribution in [3.63, 3.8) is 0 Å². The zero-order valence-corrected chi connectivity index (χ0v) is 15.6. The Bertz CT molecular complexity index is 753. The van der Waals surface area contributed by atoms with E-state index in [4.69, 9.17) is 20.9 Å². The van der Waals surface area contributed by atoms with Crippen molar-refractivity contribution in [1.82, 2.24) is 20.8 Å². The van der Waals surface area contributed by atoms with Gasteiger partial charge in [-0.1, -0.05) is 16.8 Å². The average Bonchev–Trinajstić information content (AvgIpc) is 3.01. The molecular weight excluding hydrogens is 360 g/mol. The van der Waals surface area contributed by atoms with Gasteiger partial charge >= 0.3 is 6.09 Å². The molecule has 1 heterocycles. The van der Waals surface area contributed by atoms with Gasteiger partial charge in [0.05, 0.1) is 6.54 Å². The molecule has 0 saturated carbocycles. The molecule has 0 atom stereocenters. The molecule has 2 N–H and O–H groups in total. The minimum Gasteiger partial charge on any atom is -0.444 e. The SMILES string of the molecule is CC(C)(C)OC(=O)NCCC(=O)NCc1nc(-c2ccc(Cl)cc2)no1. The zero-order valence-electron chi connectivity index (χ0n) is 14.8. The molecule has 2 amide bonds. The normalized spacial score (nSPS) is 11.1. The van der Waals surface area contributed by atoms with Gasteiger partial charge in [0, 0.05) is 23.6 Å². The fraction of sp³-hybridized carbons (Fsp3) is 0.412. The Morgan fingerprint density at radius 2 is 1.88 bits per heavy atom. The number of hydrogen-bond acceptors (Lipinski definition) is 6. The largest absolute Gasteiger partial charge is 0.444 e. The van der Waals surface area contributed by atoms with E-state index in [-0.39, 0.29) is 31.3 Å². The molecule has 0 aliphatic rings. The summed E-state index contributed by atoms with van der Waals surface area (Å²) in [5.41, 5.74) is 0.184. The van der Waals surface area contributed by atoms with Crippen molar-refractivity contribution < 1.29 is 18.8 Å². The first-order valence-electron chi connectivity index (χ1n) is 8.05. The molecule has 1 aromatic carbocycles. The van der Waals surface area contributed by atoms with Crippen molar-refractivity contribution in [3.8, 4) is 11.4 Å². The van der Waals surface area contributed by atoms with E-state index in [9.17, 15) is 9.59 Å². The Morgan fingerprint density at radius 1 is 1.19 bits per heavy atom. The van der Waals surface area contributed by atoms with E-state index in [1.807, 2.05) is 0 Å². The van der Waals surface area contributed by atoms with Crippen LogP contribution in [-0.2, 0) is 16.1 Å². The summed E-state index contributed by atoms with van der Waals surface area (Å²) in [5, 5.41) is 9.64. The lowest BCUT2D eigenvalue weighted by Gasteiger charge is -2.19.